The normalized spacial score (nSPS) is 19.6. The molecule has 1 fully saturated rings. The first kappa shape index (κ1) is 11.7. The molecule has 2 aromatic rings. The van der Waals surface area contributed by atoms with Gasteiger partial charge in [0.15, 0.2) is 12.0 Å². The van der Waals surface area contributed by atoms with E-state index in [1.807, 2.05) is 18.2 Å². The number of oxazole rings is 1. The van der Waals surface area contributed by atoms with Gasteiger partial charge in [-0.3, -0.25) is 4.79 Å². The molecule has 1 aliphatic heterocycles. The summed E-state index contributed by atoms with van der Waals surface area (Å²) in [5.74, 6) is -0.0732. The predicted octanol–water partition coefficient (Wildman–Crippen LogP) is 2.09. The molecule has 1 aromatic carbocycles. The summed E-state index contributed by atoms with van der Waals surface area (Å²) in [5, 5.41) is 8.84. The van der Waals surface area contributed by atoms with Gasteiger partial charge in [-0.15, -0.1) is 0 Å². The highest BCUT2D eigenvalue weighted by Crippen LogP contribution is 2.21. The molecule has 0 aliphatic carbocycles. The van der Waals surface area contributed by atoms with E-state index in [0.717, 1.165) is 23.1 Å². The van der Waals surface area contributed by atoms with Gasteiger partial charge in [0.1, 0.15) is 5.52 Å². The number of amides is 1. The Bertz CT molecular complexity index is 656. The molecule has 1 unspecified atom stereocenters. The Hall–Kier alpha value is -2.35. The molecule has 1 amide bonds. The van der Waals surface area contributed by atoms with Gasteiger partial charge in [0.2, 0.25) is 5.91 Å². The van der Waals surface area contributed by atoms with Crippen molar-refractivity contribution in [3.05, 3.63) is 30.2 Å². The van der Waals surface area contributed by atoms with E-state index in [9.17, 15) is 4.79 Å². The second-order valence-corrected chi connectivity index (χ2v) is 4.79. The molecule has 5 heteroatoms. The van der Waals surface area contributed by atoms with Gasteiger partial charge < -0.3 is 9.32 Å². The Labute approximate surface area is 110 Å². The molecule has 3 rings (SSSR count). The first-order valence-electron chi connectivity index (χ1n) is 6.26. The van der Waals surface area contributed by atoms with Crippen LogP contribution >= 0.6 is 0 Å². The van der Waals surface area contributed by atoms with Crippen LogP contribution in [0.2, 0.25) is 0 Å². The first-order chi connectivity index (χ1) is 9.26. The number of fused-ring (bicyclic) bond motifs is 1. The molecule has 2 heterocycles. The minimum atomic E-state index is -0.125. The smallest absolute Gasteiger partial charge is 0.224 e. The number of hydrogen-bond donors (Lipinski definition) is 0. The lowest BCUT2D eigenvalue weighted by atomic mass is 9.97. The van der Waals surface area contributed by atoms with Crippen molar-refractivity contribution >= 4 is 17.0 Å². The van der Waals surface area contributed by atoms with Crippen LogP contribution in [-0.2, 0) is 11.3 Å². The molecule has 96 valence electrons. The van der Waals surface area contributed by atoms with Gasteiger partial charge in [-0.25, -0.2) is 4.98 Å². The minimum absolute atomic E-state index is 0.0514. The quantitative estimate of drug-likeness (QED) is 0.823. The van der Waals surface area contributed by atoms with Crippen LogP contribution in [0.1, 0.15) is 18.4 Å². The van der Waals surface area contributed by atoms with Crippen LogP contribution < -0.4 is 0 Å². The maximum Gasteiger partial charge on any atom is 0.224 e. The lowest BCUT2D eigenvalue weighted by Crippen LogP contribution is -2.37. The third kappa shape index (κ3) is 2.29. The fraction of sp³-hybridized carbons (Fsp3) is 0.357. The summed E-state index contributed by atoms with van der Waals surface area (Å²) in [7, 11) is 0. The van der Waals surface area contributed by atoms with Gasteiger partial charge in [0.05, 0.1) is 12.0 Å². The number of likely N-dealkylation sites (tertiary alicyclic amines) is 1. The summed E-state index contributed by atoms with van der Waals surface area (Å²) < 4.78 is 5.25. The number of rotatable bonds is 2. The SMILES string of the molecule is N#CC1CCN(Cc2ccc3ncoc3c2)C(=O)C1. The molecule has 0 spiro atoms. The van der Waals surface area contributed by atoms with Gasteiger partial charge >= 0.3 is 0 Å². The van der Waals surface area contributed by atoms with E-state index in [-0.39, 0.29) is 11.8 Å². The summed E-state index contributed by atoms with van der Waals surface area (Å²) >= 11 is 0. The Morgan fingerprint density at radius 1 is 1.53 bits per heavy atom. The Morgan fingerprint density at radius 3 is 3.21 bits per heavy atom. The average molecular weight is 255 g/mol. The van der Waals surface area contributed by atoms with Crippen LogP contribution in [0.5, 0.6) is 0 Å². The maximum absolute atomic E-state index is 11.9. The topological polar surface area (TPSA) is 70.1 Å². The molecule has 0 N–H and O–H groups in total. The van der Waals surface area contributed by atoms with Crippen LogP contribution in [0.15, 0.2) is 29.0 Å². The maximum atomic E-state index is 11.9. The second-order valence-electron chi connectivity index (χ2n) is 4.79. The largest absolute Gasteiger partial charge is 0.443 e. The molecule has 0 saturated carbocycles. The second kappa shape index (κ2) is 4.73. The summed E-state index contributed by atoms with van der Waals surface area (Å²) in [4.78, 5) is 17.8. The predicted molar refractivity (Wildman–Crippen MR) is 67.8 cm³/mol. The number of carbonyl (C=O) groups is 1. The van der Waals surface area contributed by atoms with Crippen molar-refractivity contribution in [2.75, 3.05) is 6.54 Å². The van der Waals surface area contributed by atoms with E-state index in [4.69, 9.17) is 9.68 Å². The molecule has 1 aromatic heterocycles. The van der Waals surface area contributed by atoms with Crippen molar-refractivity contribution in [1.82, 2.24) is 9.88 Å². The highest BCUT2D eigenvalue weighted by molar-refractivity contribution is 5.78. The molecule has 0 radical (unpaired) electrons. The van der Waals surface area contributed by atoms with Crippen LogP contribution in [0, 0.1) is 17.2 Å². The molecule has 1 saturated heterocycles. The third-order valence-corrected chi connectivity index (χ3v) is 3.47. The fourth-order valence-electron chi connectivity index (χ4n) is 2.37. The van der Waals surface area contributed by atoms with E-state index in [0.29, 0.717) is 19.5 Å². The third-order valence-electron chi connectivity index (χ3n) is 3.47. The lowest BCUT2D eigenvalue weighted by molar-refractivity contribution is -0.134. The van der Waals surface area contributed by atoms with Crippen LogP contribution in [0.3, 0.4) is 0 Å². The molecule has 19 heavy (non-hydrogen) atoms. The van der Waals surface area contributed by atoms with Crippen LogP contribution in [0.25, 0.3) is 11.1 Å². The van der Waals surface area contributed by atoms with Crippen molar-refractivity contribution in [2.24, 2.45) is 5.92 Å². The van der Waals surface area contributed by atoms with E-state index in [2.05, 4.69) is 11.1 Å². The van der Waals surface area contributed by atoms with Gasteiger partial charge in [-0.2, -0.15) is 5.26 Å². The van der Waals surface area contributed by atoms with Crippen molar-refractivity contribution in [3.63, 3.8) is 0 Å². The zero-order chi connectivity index (χ0) is 13.2. The zero-order valence-corrected chi connectivity index (χ0v) is 10.4. The minimum Gasteiger partial charge on any atom is -0.443 e. The summed E-state index contributed by atoms with van der Waals surface area (Å²) in [5.41, 5.74) is 2.57. The molecule has 1 aliphatic rings. The van der Waals surface area contributed by atoms with Crippen LogP contribution in [0.4, 0.5) is 0 Å². The number of nitrogens with zero attached hydrogens (tertiary/aromatic N) is 3. The van der Waals surface area contributed by atoms with Crippen molar-refractivity contribution < 1.29 is 9.21 Å². The Kier molecular flexibility index (Phi) is 2.92. The summed E-state index contributed by atoms with van der Waals surface area (Å²) in [6.45, 7) is 1.21. The monoisotopic (exact) mass is 255 g/mol. The van der Waals surface area contributed by atoms with Gasteiger partial charge in [0.25, 0.3) is 0 Å². The summed E-state index contributed by atoms with van der Waals surface area (Å²) in [6.07, 6.45) is 2.51. The number of nitriles is 1. The zero-order valence-electron chi connectivity index (χ0n) is 10.4. The Morgan fingerprint density at radius 2 is 2.42 bits per heavy atom. The Balaban J connectivity index is 1.74. The standard InChI is InChI=1S/C14H13N3O2/c15-7-10-3-4-17(14(18)6-10)8-11-1-2-12-13(5-11)19-9-16-12/h1-2,5,9-10H,3-4,6,8H2. The molecule has 0 bridgehead atoms. The first-order valence-corrected chi connectivity index (χ1v) is 6.26. The van der Waals surface area contributed by atoms with Crippen molar-refractivity contribution in [2.45, 2.75) is 19.4 Å². The number of hydrogen-bond acceptors (Lipinski definition) is 4. The number of aromatic nitrogens is 1. The average Bonchev–Trinajstić information content (AvgIpc) is 2.88. The highest BCUT2D eigenvalue weighted by Gasteiger charge is 2.25. The van der Waals surface area contributed by atoms with Crippen molar-refractivity contribution in [3.8, 4) is 6.07 Å². The van der Waals surface area contributed by atoms with E-state index in [1.165, 1.54) is 6.39 Å². The number of carbonyl (C=O) groups excluding carboxylic acids is 1. The molecule has 5 nitrogen and oxygen atoms in total. The van der Waals surface area contributed by atoms with E-state index >= 15 is 0 Å². The van der Waals surface area contributed by atoms with Crippen molar-refractivity contribution in [1.29, 1.82) is 5.26 Å². The highest BCUT2D eigenvalue weighted by atomic mass is 16.3. The fourth-order valence-corrected chi connectivity index (χ4v) is 2.37. The van der Waals surface area contributed by atoms with Crippen LogP contribution in [-0.4, -0.2) is 22.3 Å². The van der Waals surface area contributed by atoms with Gasteiger partial charge in [-0.05, 0) is 24.1 Å². The van der Waals surface area contributed by atoms with E-state index < -0.39 is 0 Å². The van der Waals surface area contributed by atoms with Gasteiger partial charge in [0, 0.05) is 19.5 Å². The van der Waals surface area contributed by atoms with E-state index in [1.54, 1.807) is 4.90 Å². The van der Waals surface area contributed by atoms with Gasteiger partial charge in [-0.1, -0.05) is 6.07 Å². The number of benzene rings is 1. The molecular weight excluding hydrogens is 242 g/mol. The molecule has 1 atom stereocenters. The number of piperidine rings is 1. The lowest BCUT2D eigenvalue weighted by Gasteiger charge is -2.29. The molecular formula is C14H13N3O2. The summed E-state index contributed by atoms with van der Waals surface area (Å²) in [6, 6.07) is 7.92.